The lowest BCUT2D eigenvalue weighted by molar-refractivity contribution is 0.171. The zero-order valence-corrected chi connectivity index (χ0v) is 22.2. The van der Waals surface area contributed by atoms with Crippen molar-refractivity contribution in [3.63, 3.8) is 0 Å². The highest BCUT2D eigenvalue weighted by atomic mass is 127. The summed E-state index contributed by atoms with van der Waals surface area (Å²) in [6, 6.07) is 5.96. The van der Waals surface area contributed by atoms with Gasteiger partial charge < -0.3 is 19.7 Å². The van der Waals surface area contributed by atoms with E-state index in [1.54, 1.807) is 25.6 Å². The van der Waals surface area contributed by atoms with Gasteiger partial charge >= 0.3 is 0 Å². The molecule has 0 aliphatic carbocycles. The summed E-state index contributed by atoms with van der Waals surface area (Å²) in [5.41, 5.74) is 2.23. The van der Waals surface area contributed by atoms with Gasteiger partial charge in [0.05, 0.1) is 31.5 Å². The van der Waals surface area contributed by atoms with Gasteiger partial charge in [-0.3, -0.25) is 9.89 Å². The molecule has 31 heavy (non-hydrogen) atoms. The Morgan fingerprint density at radius 3 is 2.52 bits per heavy atom. The normalized spacial score (nSPS) is 15.0. The fraction of sp³-hybridized carbons (Fsp3) is 0.545. The molecule has 1 aromatic carbocycles. The second kappa shape index (κ2) is 12.4. The van der Waals surface area contributed by atoms with Gasteiger partial charge in [0.1, 0.15) is 11.5 Å². The Morgan fingerprint density at radius 2 is 1.94 bits per heavy atom. The van der Waals surface area contributed by atoms with Gasteiger partial charge in [-0.25, -0.2) is 4.98 Å². The number of nitrogens with one attached hydrogen (secondary N) is 1. The number of guanidine groups is 1. The molecular weight excluding hydrogens is 525 g/mol. The molecule has 1 N–H and O–H groups in total. The minimum absolute atomic E-state index is 0. The first-order valence-electron chi connectivity index (χ1n) is 10.4. The molecule has 0 unspecified atom stereocenters. The average molecular weight is 560 g/mol. The molecule has 2 aromatic rings. The zero-order valence-electron chi connectivity index (χ0n) is 19.1. The number of benzene rings is 1. The molecule has 1 aromatic heterocycles. The van der Waals surface area contributed by atoms with Crippen molar-refractivity contribution in [2.24, 2.45) is 4.99 Å². The monoisotopic (exact) mass is 559 g/mol. The molecule has 2 heterocycles. The van der Waals surface area contributed by atoms with Crippen molar-refractivity contribution < 1.29 is 9.47 Å². The van der Waals surface area contributed by atoms with Crippen LogP contribution >= 0.6 is 35.3 Å². The van der Waals surface area contributed by atoms with Crippen molar-refractivity contribution in [2.45, 2.75) is 32.9 Å². The van der Waals surface area contributed by atoms with Crippen molar-refractivity contribution in [1.29, 1.82) is 0 Å². The molecule has 172 valence electrons. The first-order chi connectivity index (χ1) is 14.5. The van der Waals surface area contributed by atoms with Gasteiger partial charge in [-0.15, -0.1) is 35.3 Å². The molecule has 0 amide bonds. The molecule has 3 rings (SSSR count). The minimum atomic E-state index is 0. The number of piperazine rings is 1. The Hall–Kier alpha value is -1.59. The maximum absolute atomic E-state index is 5.53. The van der Waals surface area contributed by atoms with E-state index in [1.165, 1.54) is 5.01 Å². The summed E-state index contributed by atoms with van der Waals surface area (Å²) in [4.78, 5) is 13.9. The highest BCUT2D eigenvalue weighted by Crippen LogP contribution is 2.25. The molecule has 7 nitrogen and oxygen atoms in total. The minimum Gasteiger partial charge on any atom is -0.497 e. The number of aromatic nitrogens is 1. The summed E-state index contributed by atoms with van der Waals surface area (Å²) in [5.74, 6) is 3.17. The van der Waals surface area contributed by atoms with Crippen LogP contribution in [-0.2, 0) is 13.1 Å². The van der Waals surface area contributed by atoms with Crippen LogP contribution in [-0.4, -0.2) is 68.2 Å². The average Bonchev–Trinajstić information content (AvgIpc) is 3.24. The second-order valence-corrected chi connectivity index (χ2v) is 8.56. The third-order valence-corrected chi connectivity index (χ3v) is 6.45. The van der Waals surface area contributed by atoms with Crippen molar-refractivity contribution in [2.75, 3.05) is 47.4 Å². The quantitative estimate of drug-likeness (QED) is 0.317. The Kier molecular flexibility index (Phi) is 10.3. The summed E-state index contributed by atoms with van der Waals surface area (Å²) in [6.07, 6.45) is 0. The first kappa shape index (κ1) is 25.7. The molecule has 0 radical (unpaired) electrons. The highest BCUT2D eigenvalue weighted by Gasteiger charge is 2.21. The lowest BCUT2D eigenvalue weighted by Crippen LogP contribution is -2.52. The molecule has 9 heteroatoms. The molecule has 0 bridgehead atoms. The largest absolute Gasteiger partial charge is 0.497 e. The smallest absolute Gasteiger partial charge is 0.194 e. The predicted molar refractivity (Wildman–Crippen MR) is 138 cm³/mol. The molecule has 1 aliphatic heterocycles. The van der Waals surface area contributed by atoms with Crippen molar-refractivity contribution in [1.82, 2.24) is 20.1 Å². The summed E-state index contributed by atoms with van der Waals surface area (Å²) in [5, 5.41) is 6.79. The highest BCUT2D eigenvalue weighted by molar-refractivity contribution is 14.0. The summed E-state index contributed by atoms with van der Waals surface area (Å²) in [7, 11) is 5.25. The summed E-state index contributed by atoms with van der Waals surface area (Å²) >= 11 is 1.73. The summed E-state index contributed by atoms with van der Waals surface area (Å²) < 4.78 is 10.9. The van der Waals surface area contributed by atoms with Crippen molar-refractivity contribution in [3.8, 4) is 11.5 Å². The van der Waals surface area contributed by atoms with Gasteiger partial charge in [-0.1, -0.05) is 13.8 Å². The molecule has 0 atom stereocenters. The lowest BCUT2D eigenvalue weighted by atomic mass is 10.1. The topological polar surface area (TPSA) is 62.2 Å². The number of halogens is 1. The number of thiazole rings is 1. The zero-order chi connectivity index (χ0) is 21.5. The van der Waals surface area contributed by atoms with E-state index in [1.807, 2.05) is 19.2 Å². The van der Waals surface area contributed by atoms with Crippen LogP contribution in [0, 0.1) is 0 Å². The third-order valence-electron chi connectivity index (χ3n) is 5.26. The molecule has 1 fully saturated rings. The standard InChI is InChI=1S/C22H33N5O2S.HI/c1-16(2)21-25-18(15-30-21)13-24-22(23-3)27-10-8-26(9-11-27)14-17-12-19(28-4)6-7-20(17)29-5;/h6-7,12,15-16H,8-11,13-14H2,1-5H3,(H,23,24);1H. The number of rotatable bonds is 7. The van der Waals surface area contributed by atoms with Crippen LogP contribution in [0.5, 0.6) is 11.5 Å². The van der Waals surface area contributed by atoms with E-state index in [9.17, 15) is 0 Å². The van der Waals surface area contributed by atoms with Gasteiger partial charge in [0, 0.05) is 56.6 Å². The van der Waals surface area contributed by atoms with Crippen LogP contribution in [0.1, 0.15) is 36.0 Å². The fourth-order valence-electron chi connectivity index (χ4n) is 3.54. The first-order valence-corrected chi connectivity index (χ1v) is 11.2. The predicted octanol–water partition coefficient (Wildman–Crippen LogP) is 3.79. The fourth-order valence-corrected chi connectivity index (χ4v) is 4.37. The van der Waals surface area contributed by atoms with E-state index >= 15 is 0 Å². The van der Waals surface area contributed by atoms with Gasteiger partial charge in [0.15, 0.2) is 5.96 Å². The Balaban J connectivity index is 0.00000341. The van der Waals surface area contributed by atoms with E-state index in [4.69, 9.17) is 14.5 Å². The maximum atomic E-state index is 5.53. The van der Waals surface area contributed by atoms with Gasteiger partial charge in [-0.2, -0.15) is 0 Å². The molecular formula is C22H34IN5O2S. The van der Waals surface area contributed by atoms with E-state index in [0.29, 0.717) is 12.5 Å². The van der Waals surface area contributed by atoms with E-state index in [-0.39, 0.29) is 24.0 Å². The number of methoxy groups -OCH3 is 2. The molecule has 0 saturated carbocycles. The second-order valence-electron chi connectivity index (χ2n) is 7.67. The molecule has 0 spiro atoms. The van der Waals surface area contributed by atoms with Gasteiger partial charge in [0.2, 0.25) is 0 Å². The van der Waals surface area contributed by atoms with Crippen LogP contribution < -0.4 is 14.8 Å². The maximum Gasteiger partial charge on any atom is 0.194 e. The lowest BCUT2D eigenvalue weighted by Gasteiger charge is -2.36. The van der Waals surface area contributed by atoms with E-state index in [2.05, 4.69) is 45.4 Å². The van der Waals surface area contributed by atoms with Crippen LogP contribution in [0.15, 0.2) is 28.6 Å². The number of hydrogen-bond donors (Lipinski definition) is 1. The molecule has 1 saturated heterocycles. The Labute approximate surface area is 206 Å². The van der Waals surface area contributed by atoms with Crippen LogP contribution in [0.4, 0.5) is 0 Å². The Morgan fingerprint density at radius 1 is 1.19 bits per heavy atom. The van der Waals surface area contributed by atoms with Crippen molar-refractivity contribution in [3.05, 3.63) is 39.8 Å². The molecule has 1 aliphatic rings. The van der Waals surface area contributed by atoms with Gasteiger partial charge in [0.25, 0.3) is 0 Å². The number of aliphatic imine (C=N–C) groups is 1. The SMILES string of the molecule is CN=C(NCc1csc(C(C)C)n1)N1CCN(Cc2cc(OC)ccc2OC)CC1.I. The summed E-state index contributed by atoms with van der Waals surface area (Å²) in [6.45, 7) is 9.70. The van der Waals surface area contributed by atoms with E-state index < -0.39 is 0 Å². The van der Waals surface area contributed by atoms with Gasteiger partial charge in [-0.05, 0) is 18.2 Å². The van der Waals surface area contributed by atoms with Crippen molar-refractivity contribution >= 4 is 41.3 Å². The Bertz CT molecular complexity index is 850. The third kappa shape index (κ3) is 6.95. The van der Waals surface area contributed by atoms with Crippen LogP contribution in [0.3, 0.4) is 0 Å². The van der Waals surface area contributed by atoms with E-state index in [0.717, 1.165) is 61.4 Å². The number of ether oxygens (including phenoxy) is 2. The van der Waals surface area contributed by atoms with Crippen LogP contribution in [0.25, 0.3) is 0 Å². The number of hydrogen-bond acceptors (Lipinski definition) is 6. The van der Waals surface area contributed by atoms with Crippen LogP contribution in [0.2, 0.25) is 0 Å². The number of nitrogens with zero attached hydrogens (tertiary/aromatic N) is 4.